The largest absolute Gasteiger partial charge is 0.487 e. The molecule has 5 heteroatoms. The molecule has 0 unspecified atom stereocenters. The summed E-state index contributed by atoms with van der Waals surface area (Å²) in [5, 5.41) is 3.17. The topological polar surface area (TPSA) is 41.6 Å². The number of nitrogens with zero attached hydrogens (tertiary/aromatic N) is 1. The Morgan fingerprint density at radius 1 is 1.19 bits per heavy atom. The standard InChI is InChI=1S/C21H25FN2O2/c1-3-24(4-2)21(25)19-10-9-15(11-20(19)26-17-13-23-14-17)18-8-6-5-7-16(18)12-22/h5-11,17,23H,3-4,12-14H2,1-2H3. The van der Waals surface area contributed by atoms with Gasteiger partial charge in [0.1, 0.15) is 18.5 Å². The first-order valence-corrected chi connectivity index (χ1v) is 9.12. The molecule has 138 valence electrons. The number of carbonyl (C=O) groups excluding carboxylic acids is 1. The van der Waals surface area contributed by atoms with E-state index in [9.17, 15) is 9.18 Å². The van der Waals surface area contributed by atoms with E-state index in [1.807, 2.05) is 44.2 Å². The summed E-state index contributed by atoms with van der Waals surface area (Å²) in [5.74, 6) is 0.530. The Morgan fingerprint density at radius 3 is 2.54 bits per heavy atom. The molecule has 3 rings (SSSR count). The minimum atomic E-state index is -0.529. The van der Waals surface area contributed by atoms with Crippen LogP contribution in [0.4, 0.5) is 4.39 Å². The summed E-state index contributed by atoms with van der Waals surface area (Å²) in [7, 11) is 0. The van der Waals surface area contributed by atoms with Gasteiger partial charge in [0.05, 0.1) is 5.56 Å². The highest BCUT2D eigenvalue weighted by atomic mass is 19.1. The van der Waals surface area contributed by atoms with Crippen molar-refractivity contribution in [1.82, 2.24) is 10.2 Å². The SMILES string of the molecule is CCN(CC)C(=O)c1ccc(-c2ccccc2CF)cc1OC1CNC1. The number of rotatable bonds is 7. The fourth-order valence-corrected chi connectivity index (χ4v) is 3.09. The van der Waals surface area contributed by atoms with Crippen LogP contribution in [0.5, 0.6) is 5.75 Å². The van der Waals surface area contributed by atoms with Gasteiger partial charge < -0.3 is 15.0 Å². The summed E-state index contributed by atoms with van der Waals surface area (Å²) in [6.45, 7) is 6.22. The van der Waals surface area contributed by atoms with Crippen LogP contribution in [0.25, 0.3) is 11.1 Å². The van der Waals surface area contributed by atoms with Gasteiger partial charge in [-0.1, -0.05) is 30.3 Å². The molecule has 2 aromatic carbocycles. The Kier molecular flexibility index (Phi) is 5.89. The maximum Gasteiger partial charge on any atom is 0.257 e. The van der Waals surface area contributed by atoms with Crippen LogP contribution in [0.3, 0.4) is 0 Å². The van der Waals surface area contributed by atoms with Crippen molar-refractivity contribution in [2.75, 3.05) is 26.2 Å². The van der Waals surface area contributed by atoms with Gasteiger partial charge in [-0.3, -0.25) is 4.79 Å². The number of ether oxygens (including phenoxy) is 1. The summed E-state index contributed by atoms with van der Waals surface area (Å²) in [4.78, 5) is 14.6. The maximum absolute atomic E-state index is 13.4. The first kappa shape index (κ1) is 18.4. The molecule has 0 bridgehead atoms. The Hall–Kier alpha value is -2.40. The van der Waals surface area contributed by atoms with Crippen molar-refractivity contribution in [3.63, 3.8) is 0 Å². The molecule has 1 aliphatic rings. The van der Waals surface area contributed by atoms with Gasteiger partial charge in [-0.15, -0.1) is 0 Å². The molecule has 26 heavy (non-hydrogen) atoms. The van der Waals surface area contributed by atoms with Crippen LogP contribution in [-0.4, -0.2) is 43.1 Å². The lowest BCUT2D eigenvalue weighted by Gasteiger charge is -2.29. The second-order valence-corrected chi connectivity index (χ2v) is 6.38. The molecular weight excluding hydrogens is 331 g/mol. The van der Waals surface area contributed by atoms with Crippen molar-refractivity contribution < 1.29 is 13.9 Å². The molecule has 1 fully saturated rings. The molecular formula is C21H25FN2O2. The molecule has 1 aliphatic heterocycles. The number of hydrogen-bond acceptors (Lipinski definition) is 3. The normalized spacial score (nSPS) is 14.0. The number of nitrogens with one attached hydrogen (secondary N) is 1. The Morgan fingerprint density at radius 2 is 1.92 bits per heavy atom. The minimum absolute atomic E-state index is 0.0393. The van der Waals surface area contributed by atoms with Crippen molar-refractivity contribution in [1.29, 1.82) is 0 Å². The van der Waals surface area contributed by atoms with Gasteiger partial charge in [-0.25, -0.2) is 4.39 Å². The van der Waals surface area contributed by atoms with Gasteiger partial charge in [0.2, 0.25) is 0 Å². The summed E-state index contributed by atoms with van der Waals surface area (Å²) in [6.07, 6.45) is 0.0601. The van der Waals surface area contributed by atoms with E-state index >= 15 is 0 Å². The van der Waals surface area contributed by atoms with E-state index in [-0.39, 0.29) is 12.0 Å². The molecule has 0 saturated carbocycles. The number of benzene rings is 2. The van der Waals surface area contributed by atoms with Crippen molar-refractivity contribution in [2.24, 2.45) is 0 Å². The highest BCUT2D eigenvalue weighted by molar-refractivity contribution is 5.97. The van der Waals surface area contributed by atoms with Gasteiger partial charge in [0, 0.05) is 26.2 Å². The molecule has 2 aromatic rings. The zero-order valence-corrected chi connectivity index (χ0v) is 15.3. The van der Waals surface area contributed by atoms with E-state index < -0.39 is 6.67 Å². The van der Waals surface area contributed by atoms with Crippen LogP contribution in [0.1, 0.15) is 29.8 Å². The van der Waals surface area contributed by atoms with Gasteiger partial charge in [-0.05, 0) is 42.7 Å². The van der Waals surface area contributed by atoms with Crippen LogP contribution in [0.2, 0.25) is 0 Å². The predicted octanol–water partition coefficient (Wildman–Crippen LogP) is 3.66. The number of hydrogen-bond donors (Lipinski definition) is 1. The molecule has 0 atom stereocenters. The lowest BCUT2D eigenvalue weighted by atomic mass is 9.98. The van der Waals surface area contributed by atoms with E-state index in [0.29, 0.717) is 30.0 Å². The number of carbonyl (C=O) groups is 1. The average molecular weight is 356 g/mol. The van der Waals surface area contributed by atoms with Crippen molar-refractivity contribution in [3.8, 4) is 16.9 Å². The highest BCUT2D eigenvalue weighted by Crippen LogP contribution is 2.31. The summed E-state index contributed by atoms with van der Waals surface area (Å²) in [5.41, 5.74) is 2.87. The van der Waals surface area contributed by atoms with Gasteiger partial charge in [-0.2, -0.15) is 0 Å². The van der Waals surface area contributed by atoms with Crippen molar-refractivity contribution in [3.05, 3.63) is 53.6 Å². The van der Waals surface area contributed by atoms with Crippen LogP contribution >= 0.6 is 0 Å². The predicted molar refractivity (Wildman–Crippen MR) is 101 cm³/mol. The monoisotopic (exact) mass is 356 g/mol. The highest BCUT2D eigenvalue weighted by Gasteiger charge is 2.24. The Bertz CT molecular complexity index is 770. The second-order valence-electron chi connectivity index (χ2n) is 6.38. The zero-order chi connectivity index (χ0) is 18.5. The van der Waals surface area contributed by atoms with E-state index in [1.165, 1.54) is 0 Å². The Balaban J connectivity index is 2.01. The molecule has 4 nitrogen and oxygen atoms in total. The zero-order valence-electron chi connectivity index (χ0n) is 15.3. The van der Waals surface area contributed by atoms with Gasteiger partial charge in [0.25, 0.3) is 5.91 Å². The molecule has 0 radical (unpaired) electrons. The van der Waals surface area contributed by atoms with Crippen LogP contribution in [0.15, 0.2) is 42.5 Å². The molecule has 1 N–H and O–H groups in total. The summed E-state index contributed by atoms with van der Waals surface area (Å²) >= 11 is 0. The van der Waals surface area contributed by atoms with Crippen LogP contribution < -0.4 is 10.1 Å². The minimum Gasteiger partial charge on any atom is -0.487 e. The van der Waals surface area contributed by atoms with E-state index in [1.54, 1.807) is 17.0 Å². The molecule has 1 heterocycles. The van der Waals surface area contributed by atoms with E-state index in [0.717, 1.165) is 24.2 Å². The third-order valence-electron chi connectivity index (χ3n) is 4.77. The fraction of sp³-hybridized carbons (Fsp3) is 0.381. The lowest BCUT2D eigenvalue weighted by Crippen LogP contribution is -2.50. The quantitative estimate of drug-likeness (QED) is 0.823. The fourth-order valence-electron chi connectivity index (χ4n) is 3.09. The number of amides is 1. The molecule has 0 aliphatic carbocycles. The first-order chi connectivity index (χ1) is 12.7. The molecule has 1 amide bonds. The number of halogens is 1. The van der Waals surface area contributed by atoms with Crippen molar-refractivity contribution >= 4 is 5.91 Å². The summed E-state index contributed by atoms with van der Waals surface area (Å²) in [6, 6.07) is 12.9. The Labute approximate surface area is 154 Å². The maximum atomic E-state index is 13.4. The van der Waals surface area contributed by atoms with Gasteiger partial charge >= 0.3 is 0 Å². The third-order valence-corrected chi connectivity index (χ3v) is 4.77. The average Bonchev–Trinajstić information content (AvgIpc) is 2.65. The molecule has 0 spiro atoms. The smallest absolute Gasteiger partial charge is 0.257 e. The van der Waals surface area contributed by atoms with E-state index in [4.69, 9.17) is 4.74 Å². The van der Waals surface area contributed by atoms with Crippen LogP contribution in [0, 0.1) is 0 Å². The van der Waals surface area contributed by atoms with E-state index in [2.05, 4.69) is 5.32 Å². The van der Waals surface area contributed by atoms with Crippen LogP contribution in [-0.2, 0) is 6.67 Å². The second kappa shape index (κ2) is 8.32. The van der Waals surface area contributed by atoms with Crippen molar-refractivity contribution in [2.45, 2.75) is 26.6 Å². The van der Waals surface area contributed by atoms with Gasteiger partial charge in [0.15, 0.2) is 0 Å². The third kappa shape index (κ3) is 3.73. The lowest BCUT2D eigenvalue weighted by molar-refractivity contribution is 0.0760. The summed E-state index contributed by atoms with van der Waals surface area (Å²) < 4.78 is 19.4. The molecule has 0 aromatic heterocycles. The first-order valence-electron chi connectivity index (χ1n) is 9.12. The number of alkyl halides is 1. The molecule has 1 saturated heterocycles.